The van der Waals surface area contributed by atoms with Crippen molar-refractivity contribution < 1.29 is 14.3 Å². The van der Waals surface area contributed by atoms with Crippen LogP contribution in [0.1, 0.15) is 20.3 Å². The quantitative estimate of drug-likeness (QED) is 0.785. The summed E-state index contributed by atoms with van der Waals surface area (Å²) in [7, 11) is 3.11. The number of hydrogen-bond acceptors (Lipinski definition) is 4. The van der Waals surface area contributed by atoms with Crippen molar-refractivity contribution in [2.45, 2.75) is 25.8 Å². The van der Waals surface area contributed by atoms with E-state index in [2.05, 4.69) is 18.7 Å². The van der Waals surface area contributed by atoms with Crippen molar-refractivity contribution in [2.75, 3.05) is 25.7 Å². The molecule has 1 heterocycles. The average Bonchev–Trinajstić information content (AvgIpc) is 2.73. The van der Waals surface area contributed by atoms with Gasteiger partial charge in [0.15, 0.2) is 0 Å². The second-order valence-electron chi connectivity index (χ2n) is 5.37. The molecule has 0 bridgehead atoms. The fourth-order valence-electron chi connectivity index (χ4n) is 2.88. The Morgan fingerprint density at radius 1 is 1.37 bits per heavy atom. The molecule has 0 amide bonds. The first kappa shape index (κ1) is 13.7. The highest BCUT2D eigenvalue weighted by Gasteiger charge is 2.46. The third-order valence-corrected chi connectivity index (χ3v) is 4.04. The number of methoxy groups -OCH3 is 2. The lowest BCUT2D eigenvalue weighted by Crippen LogP contribution is -2.45. The number of esters is 1. The van der Waals surface area contributed by atoms with Gasteiger partial charge in [0.2, 0.25) is 0 Å². The van der Waals surface area contributed by atoms with E-state index in [4.69, 9.17) is 9.47 Å². The van der Waals surface area contributed by atoms with Crippen molar-refractivity contribution in [3.63, 3.8) is 0 Å². The molecular formula is C15H21NO3. The standard InChI is InChI=1S/C15H21NO3/c1-15(2)13(14(17)19-4)8-9-16(15)11-6-5-7-12(10-11)18-3/h5-7,10,13H,8-9H2,1-4H3. The lowest BCUT2D eigenvalue weighted by molar-refractivity contribution is -0.146. The minimum absolute atomic E-state index is 0.0938. The summed E-state index contributed by atoms with van der Waals surface area (Å²) in [4.78, 5) is 14.1. The monoisotopic (exact) mass is 263 g/mol. The number of ether oxygens (including phenoxy) is 2. The van der Waals surface area contributed by atoms with Crippen LogP contribution in [0.5, 0.6) is 5.75 Å². The lowest BCUT2D eigenvalue weighted by Gasteiger charge is -2.36. The summed E-state index contributed by atoms with van der Waals surface area (Å²) in [6, 6.07) is 7.94. The number of rotatable bonds is 3. The smallest absolute Gasteiger partial charge is 0.311 e. The van der Waals surface area contributed by atoms with E-state index < -0.39 is 0 Å². The van der Waals surface area contributed by atoms with E-state index in [0.717, 1.165) is 24.4 Å². The summed E-state index contributed by atoms with van der Waals surface area (Å²) >= 11 is 0. The van der Waals surface area contributed by atoms with Crippen molar-refractivity contribution in [3.05, 3.63) is 24.3 Å². The Hall–Kier alpha value is -1.71. The third kappa shape index (κ3) is 2.39. The van der Waals surface area contributed by atoms with Crippen LogP contribution in [0.15, 0.2) is 24.3 Å². The SMILES string of the molecule is COC(=O)C1CCN(c2cccc(OC)c2)C1(C)C. The van der Waals surface area contributed by atoms with Crippen LogP contribution in [-0.2, 0) is 9.53 Å². The molecule has 0 saturated carbocycles. The second kappa shape index (κ2) is 5.11. The minimum Gasteiger partial charge on any atom is -0.497 e. The number of nitrogens with zero attached hydrogens (tertiary/aromatic N) is 1. The molecule has 104 valence electrons. The molecule has 1 atom stereocenters. The third-order valence-electron chi connectivity index (χ3n) is 4.04. The topological polar surface area (TPSA) is 38.8 Å². The summed E-state index contributed by atoms with van der Waals surface area (Å²) in [6.45, 7) is 5.02. The largest absolute Gasteiger partial charge is 0.497 e. The first-order valence-corrected chi connectivity index (χ1v) is 6.50. The van der Waals surface area contributed by atoms with Crippen LogP contribution in [0, 0.1) is 5.92 Å². The molecule has 4 nitrogen and oxygen atoms in total. The molecule has 4 heteroatoms. The van der Waals surface area contributed by atoms with Crippen molar-refractivity contribution >= 4 is 11.7 Å². The highest BCUT2D eigenvalue weighted by molar-refractivity contribution is 5.76. The molecular weight excluding hydrogens is 242 g/mol. The Morgan fingerprint density at radius 3 is 2.74 bits per heavy atom. The van der Waals surface area contributed by atoms with Gasteiger partial charge in [-0.15, -0.1) is 0 Å². The predicted molar refractivity (Wildman–Crippen MR) is 74.5 cm³/mol. The highest BCUT2D eigenvalue weighted by Crippen LogP contribution is 2.39. The van der Waals surface area contributed by atoms with Gasteiger partial charge in [0, 0.05) is 23.8 Å². The molecule has 2 rings (SSSR count). The molecule has 1 aliphatic heterocycles. The van der Waals surface area contributed by atoms with Crippen LogP contribution < -0.4 is 9.64 Å². The van der Waals surface area contributed by atoms with Gasteiger partial charge in [0.25, 0.3) is 0 Å². The maximum atomic E-state index is 11.9. The van der Waals surface area contributed by atoms with Crippen LogP contribution in [0.3, 0.4) is 0 Å². The molecule has 0 radical (unpaired) electrons. The molecule has 0 N–H and O–H groups in total. The number of benzene rings is 1. The van der Waals surface area contributed by atoms with Gasteiger partial charge >= 0.3 is 5.97 Å². The number of carbonyl (C=O) groups is 1. The van der Waals surface area contributed by atoms with Crippen molar-refractivity contribution in [1.82, 2.24) is 0 Å². The predicted octanol–water partition coefficient (Wildman–Crippen LogP) is 2.47. The molecule has 1 aliphatic rings. The van der Waals surface area contributed by atoms with E-state index in [1.54, 1.807) is 7.11 Å². The van der Waals surface area contributed by atoms with Gasteiger partial charge in [-0.25, -0.2) is 0 Å². The van der Waals surface area contributed by atoms with Gasteiger partial charge in [-0.1, -0.05) is 6.07 Å². The van der Waals surface area contributed by atoms with Crippen LogP contribution in [0.4, 0.5) is 5.69 Å². The van der Waals surface area contributed by atoms with Gasteiger partial charge in [-0.3, -0.25) is 4.79 Å². The van der Waals surface area contributed by atoms with Gasteiger partial charge in [-0.05, 0) is 32.4 Å². The average molecular weight is 263 g/mol. The summed E-state index contributed by atoms with van der Waals surface area (Å²) in [6.07, 6.45) is 0.816. The second-order valence-corrected chi connectivity index (χ2v) is 5.37. The maximum absolute atomic E-state index is 11.9. The summed E-state index contributed by atoms with van der Waals surface area (Å²) in [5.74, 6) is 0.605. The van der Waals surface area contributed by atoms with Crippen LogP contribution >= 0.6 is 0 Å². The van der Waals surface area contributed by atoms with E-state index in [1.165, 1.54) is 7.11 Å². The zero-order valence-corrected chi connectivity index (χ0v) is 12.0. The lowest BCUT2D eigenvalue weighted by atomic mass is 9.88. The number of carbonyl (C=O) groups excluding carboxylic acids is 1. The van der Waals surface area contributed by atoms with E-state index in [0.29, 0.717) is 0 Å². The summed E-state index contributed by atoms with van der Waals surface area (Å²) in [5.41, 5.74) is 0.829. The summed E-state index contributed by atoms with van der Waals surface area (Å²) in [5, 5.41) is 0. The van der Waals surface area contributed by atoms with Gasteiger partial charge < -0.3 is 14.4 Å². The molecule has 0 aliphatic carbocycles. The summed E-state index contributed by atoms with van der Waals surface area (Å²) < 4.78 is 10.2. The molecule has 0 spiro atoms. The van der Waals surface area contributed by atoms with E-state index >= 15 is 0 Å². The fraction of sp³-hybridized carbons (Fsp3) is 0.533. The molecule has 1 fully saturated rings. The van der Waals surface area contributed by atoms with E-state index in [1.807, 2.05) is 24.3 Å². The molecule has 19 heavy (non-hydrogen) atoms. The minimum atomic E-state index is -0.251. The van der Waals surface area contributed by atoms with Crippen LogP contribution in [0.2, 0.25) is 0 Å². The van der Waals surface area contributed by atoms with E-state index in [-0.39, 0.29) is 17.4 Å². The normalized spacial score (nSPS) is 21.3. The van der Waals surface area contributed by atoms with Gasteiger partial charge in [0.05, 0.1) is 20.1 Å². The number of anilines is 1. The highest BCUT2D eigenvalue weighted by atomic mass is 16.5. The van der Waals surface area contributed by atoms with E-state index in [9.17, 15) is 4.79 Å². The van der Waals surface area contributed by atoms with Gasteiger partial charge in [0.1, 0.15) is 5.75 Å². The Kier molecular flexibility index (Phi) is 3.69. The Labute approximate surface area is 114 Å². The Morgan fingerprint density at radius 2 is 2.11 bits per heavy atom. The molecule has 1 unspecified atom stereocenters. The molecule has 1 saturated heterocycles. The first-order chi connectivity index (χ1) is 9.00. The van der Waals surface area contributed by atoms with Crippen LogP contribution in [-0.4, -0.2) is 32.3 Å². The molecule has 1 aromatic rings. The van der Waals surface area contributed by atoms with Crippen LogP contribution in [0.25, 0.3) is 0 Å². The zero-order chi connectivity index (χ0) is 14.0. The van der Waals surface area contributed by atoms with Crippen molar-refractivity contribution in [3.8, 4) is 5.75 Å². The number of hydrogen-bond donors (Lipinski definition) is 0. The maximum Gasteiger partial charge on any atom is 0.311 e. The first-order valence-electron chi connectivity index (χ1n) is 6.50. The molecule has 0 aromatic heterocycles. The zero-order valence-electron chi connectivity index (χ0n) is 12.0. The Bertz CT molecular complexity index is 470. The molecule has 1 aromatic carbocycles. The van der Waals surface area contributed by atoms with Crippen molar-refractivity contribution in [1.29, 1.82) is 0 Å². The van der Waals surface area contributed by atoms with Crippen molar-refractivity contribution in [2.24, 2.45) is 5.92 Å². The fourth-order valence-corrected chi connectivity index (χ4v) is 2.88. The Balaban J connectivity index is 2.28. The van der Waals surface area contributed by atoms with Gasteiger partial charge in [-0.2, -0.15) is 0 Å².